The summed E-state index contributed by atoms with van der Waals surface area (Å²) in [7, 11) is 2.23. The molecule has 3 heteroatoms. The van der Waals surface area contributed by atoms with Crippen LogP contribution >= 0.6 is 0 Å². The molecule has 0 bridgehead atoms. The number of hydrogen-bond donors (Lipinski definition) is 0. The fourth-order valence-electron chi connectivity index (χ4n) is 4.28. The fraction of sp³-hybridized carbons (Fsp3) is 0.667. The predicted octanol–water partition coefficient (Wildman–Crippen LogP) is 5.23. The van der Waals surface area contributed by atoms with Gasteiger partial charge in [0.1, 0.15) is 11.6 Å². The van der Waals surface area contributed by atoms with Gasteiger partial charge in [-0.3, -0.25) is 0 Å². The van der Waals surface area contributed by atoms with Gasteiger partial charge in [-0.25, -0.2) is 4.99 Å². The van der Waals surface area contributed by atoms with Crippen LogP contribution in [0.15, 0.2) is 39.9 Å². The molecule has 0 spiro atoms. The lowest BCUT2D eigenvalue weighted by Gasteiger charge is -2.41. The van der Waals surface area contributed by atoms with Gasteiger partial charge in [-0.2, -0.15) is 0 Å². The monoisotopic (exact) mass is 327 g/mol. The quantitative estimate of drug-likeness (QED) is 0.706. The summed E-state index contributed by atoms with van der Waals surface area (Å²) in [4.78, 5) is 10.2. The molecule has 0 radical (unpaired) electrons. The number of allylic oxidation sites excluding steroid dienone is 4. The average Bonchev–Trinajstić information content (AvgIpc) is 2.85. The summed E-state index contributed by atoms with van der Waals surface area (Å²) in [6, 6.07) is 0. The van der Waals surface area contributed by atoms with Crippen molar-refractivity contribution in [3.63, 3.8) is 0 Å². The number of likely N-dealkylation sites (tertiary alicyclic amines) is 1. The van der Waals surface area contributed by atoms with Crippen molar-refractivity contribution in [3.05, 3.63) is 34.9 Å². The number of rotatable bonds is 3. The van der Waals surface area contributed by atoms with E-state index in [0.717, 1.165) is 12.8 Å². The van der Waals surface area contributed by atoms with Gasteiger partial charge in [-0.15, -0.1) is 0 Å². The van der Waals surface area contributed by atoms with Crippen molar-refractivity contribution < 1.29 is 0 Å². The van der Waals surface area contributed by atoms with Crippen LogP contribution in [0.1, 0.15) is 71.6 Å². The Kier molecular flexibility index (Phi) is 5.80. The molecule has 0 atom stereocenters. The van der Waals surface area contributed by atoms with Crippen molar-refractivity contribution in [2.75, 3.05) is 20.1 Å². The van der Waals surface area contributed by atoms with Crippen molar-refractivity contribution in [2.45, 2.75) is 71.6 Å². The maximum atomic E-state index is 5.17. The molecule has 2 fully saturated rings. The van der Waals surface area contributed by atoms with E-state index in [1.165, 1.54) is 86.5 Å². The van der Waals surface area contributed by atoms with Crippen LogP contribution in [0.3, 0.4) is 0 Å². The zero-order valence-electron chi connectivity index (χ0n) is 15.8. The van der Waals surface area contributed by atoms with E-state index in [1.807, 2.05) is 0 Å². The lowest BCUT2D eigenvalue weighted by atomic mass is 10.0. The molecule has 1 aliphatic carbocycles. The van der Waals surface area contributed by atoms with E-state index in [-0.39, 0.29) is 0 Å². The molecule has 0 amide bonds. The van der Waals surface area contributed by atoms with Crippen molar-refractivity contribution in [2.24, 2.45) is 4.99 Å². The van der Waals surface area contributed by atoms with Crippen LogP contribution in [0, 0.1) is 0 Å². The van der Waals surface area contributed by atoms with Crippen LogP contribution in [0.4, 0.5) is 0 Å². The molecule has 3 aliphatic rings. The zero-order valence-corrected chi connectivity index (χ0v) is 15.8. The Morgan fingerprint density at radius 3 is 2.46 bits per heavy atom. The van der Waals surface area contributed by atoms with E-state index < -0.39 is 0 Å². The van der Waals surface area contributed by atoms with Gasteiger partial charge in [-0.05, 0) is 63.9 Å². The molecule has 0 aromatic heterocycles. The lowest BCUT2D eigenvalue weighted by Crippen LogP contribution is -2.40. The molecule has 24 heavy (non-hydrogen) atoms. The van der Waals surface area contributed by atoms with Crippen LogP contribution in [-0.4, -0.2) is 35.6 Å². The summed E-state index contributed by atoms with van der Waals surface area (Å²) < 4.78 is 0. The molecule has 1 saturated heterocycles. The molecule has 0 aromatic carbocycles. The Labute approximate surface area is 147 Å². The fourth-order valence-corrected chi connectivity index (χ4v) is 4.28. The van der Waals surface area contributed by atoms with E-state index in [9.17, 15) is 0 Å². The molecular formula is C21H33N3. The van der Waals surface area contributed by atoms with Gasteiger partial charge in [0.05, 0.1) is 0 Å². The first-order valence-corrected chi connectivity index (χ1v) is 9.91. The molecule has 1 saturated carbocycles. The molecule has 2 heterocycles. The van der Waals surface area contributed by atoms with Gasteiger partial charge in [0, 0.05) is 31.4 Å². The van der Waals surface area contributed by atoms with E-state index >= 15 is 0 Å². The summed E-state index contributed by atoms with van der Waals surface area (Å²) in [5.74, 6) is 2.64. The predicted molar refractivity (Wildman–Crippen MR) is 103 cm³/mol. The Hall–Kier alpha value is -1.51. The summed E-state index contributed by atoms with van der Waals surface area (Å²) in [5.41, 5.74) is 4.26. The summed E-state index contributed by atoms with van der Waals surface area (Å²) in [5, 5.41) is 0. The first kappa shape index (κ1) is 17.3. The molecule has 0 aromatic rings. The number of fused-ring (bicyclic) bond motifs is 1. The molecule has 0 unspecified atom stereocenters. The van der Waals surface area contributed by atoms with Gasteiger partial charge >= 0.3 is 0 Å². The third-order valence-corrected chi connectivity index (χ3v) is 5.53. The first-order chi connectivity index (χ1) is 11.8. The third-order valence-electron chi connectivity index (χ3n) is 5.53. The molecule has 3 nitrogen and oxygen atoms in total. The second-order valence-electron chi connectivity index (χ2n) is 7.23. The third kappa shape index (κ3) is 3.45. The van der Waals surface area contributed by atoms with Crippen molar-refractivity contribution >= 4 is 5.71 Å². The van der Waals surface area contributed by atoms with Crippen molar-refractivity contribution in [1.29, 1.82) is 0 Å². The van der Waals surface area contributed by atoms with Crippen LogP contribution in [0.2, 0.25) is 0 Å². The normalized spacial score (nSPS) is 24.9. The first-order valence-electron chi connectivity index (χ1n) is 9.91. The number of hydrogen-bond acceptors (Lipinski definition) is 3. The van der Waals surface area contributed by atoms with Crippen LogP contribution in [0.5, 0.6) is 0 Å². The minimum Gasteiger partial charge on any atom is -0.358 e. The van der Waals surface area contributed by atoms with Crippen molar-refractivity contribution in [1.82, 2.24) is 9.80 Å². The lowest BCUT2D eigenvalue weighted by molar-refractivity contribution is 0.218. The van der Waals surface area contributed by atoms with E-state index in [0.29, 0.717) is 0 Å². The largest absolute Gasteiger partial charge is 0.358 e. The molecule has 0 N–H and O–H groups in total. The molecule has 132 valence electrons. The Morgan fingerprint density at radius 1 is 1.04 bits per heavy atom. The zero-order chi connectivity index (χ0) is 16.9. The highest BCUT2D eigenvalue weighted by molar-refractivity contribution is 6.02. The van der Waals surface area contributed by atoms with E-state index in [4.69, 9.17) is 4.99 Å². The van der Waals surface area contributed by atoms with Gasteiger partial charge < -0.3 is 9.80 Å². The van der Waals surface area contributed by atoms with Crippen LogP contribution in [0.25, 0.3) is 0 Å². The maximum Gasteiger partial charge on any atom is 0.137 e. The Bertz CT molecular complexity index is 574. The summed E-state index contributed by atoms with van der Waals surface area (Å²) >= 11 is 0. The number of nitrogens with zero attached hydrogens (tertiary/aromatic N) is 3. The highest BCUT2D eigenvalue weighted by Crippen LogP contribution is 2.35. The minimum absolute atomic E-state index is 1.03. The minimum atomic E-state index is 1.03. The second kappa shape index (κ2) is 8.04. The van der Waals surface area contributed by atoms with Crippen LogP contribution < -0.4 is 0 Å². The number of aliphatic imine (C=N–C) groups is 1. The maximum absolute atomic E-state index is 5.17. The van der Waals surface area contributed by atoms with E-state index in [2.05, 4.69) is 42.8 Å². The molecule has 2 aliphatic heterocycles. The van der Waals surface area contributed by atoms with E-state index in [1.54, 1.807) is 0 Å². The Balaban J connectivity index is 2.08. The van der Waals surface area contributed by atoms with Crippen LogP contribution in [-0.2, 0) is 0 Å². The smallest absolute Gasteiger partial charge is 0.137 e. The van der Waals surface area contributed by atoms with Gasteiger partial charge in [0.25, 0.3) is 0 Å². The molecular weight excluding hydrogens is 294 g/mol. The highest BCUT2D eigenvalue weighted by Gasteiger charge is 2.30. The summed E-state index contributed by atoms with van der Waals surface area (Å²) in [6.45, 7) is 6.75. The Morgan fingerprint density at radius 2 is 1.75 bits per heavy atom. The van der Waals surface area contributed by atoms with Gasteiger partial charge in [-0.1, -0.05) is 25.5 Å². The second-order valence-corrected chi connectivity index (χ2v) is 7.23. The standard InChI is InChI=1S/C21H33N3/c1-4-12-17(5-2)20-22-19-14-9-6-8-13-18(19)21(23(20)3)24-15-10-7-11-16-24/h4,12H,5-11,13-16H2,1-3H3/b12-4-,20-17-. The SMILES string of the molecule is C/C=C\C(CC)=C1\N=C2CCCCCC2=C(N2CCCCC2)N1C. The number of piperidine rings is 1. The van der Waals surface area contributed by atoms with Gasteiger partial charge in [0.2, 0.25) is 0 Å². The average molecular weight is 328 g/mol. The van der Waals surface area contributed by atoms with Crippen molar-refractivity contribution in [3.8, 4) is 0 Å². The highest BCUT2D eigenvalue weighted by atomic mass is 15.4. The summed E-state index contributed by atoms with van der Waals surface area (Å²) in [6.07, 6.45) is 15.7. The topological polar surface area (TPSA) is 18.8 Å². The molecule has 3 rings (SSSR count). The van der Waals surface area contributed by atoms with Gasteiger partial charge in [0.15, 0.2) is 0 Å².